The number of nitriles is 1. The van der Waals surface area contributed by atoms with Gasteiger partial charge < -0.3 is 4.74 Å². The number of hydrogen-bond acceptors (Lipinski definition) is 2. The Kier molecular flexibility index (Phi) is 5.57. The number of fused-ring (bicyclic) bond motifs is 5. The Morgan fingerprint density at radius 2 is 1.56 bits per heavy atom. The molecule has 0 unspecified atom stereocenters. The Labute approximate surface area is 231 Å². The highest BCUT2D eigenvalue weighted by Crippen LogP contribution is 2.53. The van der Waals surface area contributed by atoms with E-state index in [-0.39, 0.29) is 5.41 Å². The van der Waals surface area contributed by atoms with Crippen molar-refractivity contribution < 1.29 is 9.30 Å². The first kappa shape index (κ1) is 25.4. The quantitative estimate of drug-likeness (QED) is 0.175. The molecule has 1 aliphatic heterocycles. The Morgan fingerprint density at radius 1 is 0.821 bits per heavy atom. The summed E-state index contributed by atoms with van der Waals surface area (Å²) in [4.78, 5) is 0. The van der Waals surface area contributed by atoms with Gasteiger partial charge in [0.05, 0.1) is 22.4 Å². The number of ether oxygens (including phenoxy) is 1. The van der Waals surface area contributed by atoms with Crippen LogP contribution in [0.5, 0.6) is 11.5 Å². The highest BCUT2D eigenvalue weighted by atomic mass is 16.5. The van der Waals surface area contributed by atoms with Gasteiger partial charge in [0.15, 0.2) is 6.20 Å². The molecule has 5 aromatic rings. The molecule has 196 valence electrons. The highest BCUT2D eigenvalue weighted by molar-refractivity contribution is 6.13. The second kappa shape index (κ2) is 8.55. The van der Waals surface area contributed by atoms with Crippen LogP contribution in [0.2, 0.25) is 0 Å². The van der Waals surface area contributed by atoms with Gasteiger partial charge in [-0.25, -0.2) is 4.57 Å². The molecule has 0 atom stereocenters. The van der Waals surface area contributed by atoms with Crippen molar-refractivity contribution in [1.82, 2.24) is 0 Å². The Bertz CT molecular complexity index is 1880. The van der Waals surface area contributed by atoms with Crippen molar-refractivity contribution >= 4 is 32.3 Å². The van der Waals surface area contributed by atoms with Crippen LogP contribution in [0.15, 0.2) is 54.7 Å². The van der Waals surface area contributed by atoms with Crippen molar-refractivity contribution in [2.75, 3.05) is 0 Å². The van der Waals surface area contributed by atoms with Crippen molar-refractivity contribution in [2.24, 2.45) is 17.9 Å². The summed E-state index contributed by atoms with van der Waals surface area (Å²) in [6.07, 6.45) is 3.81. The predicted molar refractivity (Wildman–Crippen MR) is 161 cm³/mol. The number of benzene rings is 4. The molecular weight excluding hydrogens is 476 g/mol. The molecule has 0 saturated carbocycles. The normalized spacial score (nSPS) is 13.0. The maximum atomic E-state index is 9.60. The fraction of sp³-hybridized carbons (Fsp3) is 0.333. The van der Waals surface area contributed by atoms with Crippen molar-refractivity contribution in [2.45, 2.75) is 61.3 Å². The standard InChI is InChI=1S/C36H37N2O/c1-21-9-11-27-28(15-21)22(2)30-32-31-24(13-14-38(32)8)17-25-16-23(18-36(6,7)20-37)10-12-26(25)33(31)39-34(30)29(27)19-35(3,4)5/h9-17H,18-19H2,1-8H3/q+1. The van der Waals surface area contributed by atoms with E-state index in [1.807, 2.05) is 13.8 Å². The first-order valence-corrected chi connectivity index (χ1v) is 13.9. The van der Waals surface area contributed by atoms with Crippen LogP contribution in [0.4, 0.5) is 0 Å². The van der Waals surface area contributed by atoms with Crippen LogP contribution in [0.25, 0.3) is 43.6 Å². The van der Waals surface area contributed by atoms with Gasteiger partial charge in [-0.1, -0.05) is 62.7 Å². The predicted octanol–water partition coefficient (Wildman–Crippen LogP) is 9.04. The maximum absolute atomic E-state index is 9.60. The van der Waals surface area contributed by atoms with Gasteiger partial charge in [-0.15, -0.1) is 0 Å². The minimum Gasteiger partial charge on any atom is -0.455 e. The van der Waals surface area contributed by atoms with Gasteiger partial charge >= 0.3 is 0 Å². The molecule has 3 nitrogen and oxygen atoms in total. The molecule has 4 aromatic carbocycles. The monoisotopic (exact) mass is 513 g/mol. The summed E-state index contributed by atoms with van der Waals surface area (Å²) < 4.78 is 9.37. The summed E-state index contributed by atoms with van der Waals surface area (Å²) >= 11 is 0. The molecule has 0 amide bonds. The number of aryl methyl sites for hydroxylation is 3. The van der Waals surface area contributed by atoms with Gasteiger partial charge in [-0.2, -0.15) is 5.26 Å². The second-order valence-electron chi connectivity index (χ2n) is 13.4. The molecule has 1 aromatic heterocycles. The summed E-state index contributed by atoms with van der Waals surface area (Å²) in [5, 5.41) is 16.8. The van der Waals surface area contributed by atoms with E-state index >= 15 is 0 Å². The average Bonchev–Trinajstić information content (AvgIpc) is 2.87. The van der Waals surface area contributed by atoms with Gasteiger partial charge in [0, 0.05) is 17.0 Å². The third-order valence-electron chi connectivity index (χ3n) is 8.13. The Hall–Kier alpha value is -3.90. The third-order valence-corrected chi connectivity index (χ3v) is 8.13. The summed E-state index contributed by atoms with van der Waals surface area (Å²) in [7, 11) is 2.15. The maximum Gasteiger partial charge on any atom is 0.228 e. The van der Waals surface area contributed by atoms with E-state index in [1.165, 1.54) is 55.1 Å². The fourth-order valence-corrected chi connectivity index (χ4v) is 6.35. The second-order valence-corrected chi connectivity index (χ2v) is 13.4. The number of hydrogen-bond donors (Lipinski definition) is 0. The summed E-state index contributed by atoms with van der Waals surface area (Å²) in [5.41, 5.74) is 7.11. The van der Waals surface area contributed by atoms with E-state index in [4.69, 9.17) is 4.74 Å². The van der Waals surface area contributed by atoms with E-state index in [2.05, 4.69) is 107 Å². The van der Waals surface area contributed by atoms with Crippen molar-refractivity contribution in [3.05, 3.63) is 77.0 Å². The average molecular weight is 514 g/mol. The first-order valence-electron chi connectivity index (χ1n) is 13.9. The van der Waals surface area contributed by atoms with Crippen LogP contribution in [0, 0.1) is 36.0 Å². The third kappa shape index (κ3) is 4.14. The molecule has 1 aliphatic rings. The van der Waals surface area contributed by atoms with E-state index < -0.39 is 5.41 Å². The van der Waals surface area contributed by atoms with Crippen molar-refractivity contribution in [3.63, 3.8) is 0 Å². The fourth-order valence-electron chi connectivity index (χ4n) is 6.35. The molecule has 2 heterocycles. The molecular formula is C36H37N2O+. The lowest BCUT2D eigenvalue weighted by molar-refractivity contribution is -0.659. The summed E-state index contributed by atoms with van der Waals surface area (Å²) in [6, 6.07) is 20.3. The lowest BCUT2D eigenvalue weighted by atomic mass is 9.81. The summed E-state index contributed by atoms with van der Waals surface area (Å²) in [5.74, 6) is 1.94. The van der Waals surface area contributed by atoms with Crippen LogP contribution in [-0.4, -0.2) is 0 Å². The molecule has 6 rings (SSSR count). The summed E-state index contributed by atoms with van der Waals surface area (Å²) in [6.45, 7) is 15.3. The number of nitrogens with zero attached hydrogens (tertiary/aromatic N) is 2. The Morgan fingerprint density at radius 3 is 2.28 bits per heavy atom. The molecule has 0 spiro atoms. The van der Waals surface area contributed by atoms with Crippen LogP contribution in [0.1, 0.15) is 56.9 Å². The minimum atomic E-state index is -0.409. The molecule has 0 N–H and O–H groups in total. The largest absolute Gasteiger partial charge is 0.455 e. The lowest BCUT2D eigenvalue weighted by Gasteiger charge is -2.28. The topological polar surface area (TPSA) is 36.9 Å². The van der Waals surface area contributed by atoms with E-state index in [0.717, 1.165) is 28.7 Å². The molecule has 0 saturated heterocycles. The zero-order chi connectivity index (χ0) is 27.9. The molecule has 3 heteroatoms. The van der Waals surface area contributed by atoms with Gasteiger partial charge in [0.25, 0.3) is 0 Å². The molecule has 0 aliphatic carbocycles. The van der Waals surface area contributed by atoms with Crippen molar-refractivity contribution in [1.29, 1.82) is 5.26 Å². The van der Waals surface area contributed by atoms with Crippen LogP contribution in [0.3, 0.4) is 0 Å². The van der Waals surface area contributed by atoms with Crippen LogP contribution in [-0.2, 0) is 19.9 Å². The van der Waals surface area contributed by atoms with Gasteiger partial charge in [0.1, 0.15) is 18.5 Å². The number of aromatic nitrogens is 1. The Balaban J connectivity index is 1.71. The minimum absolute atomic E-state index is 0.0971. The van der Waals surface area contributed by atoms with Crippen molar-refractivity contribution in [3.8, 4) is 28.8 Å². The molecule has 0 radical (unpaired) electrons. The SMILES string of the molecule is Cc1ccc2c(CC(C)(C)C)c3c(c(C)c2c1)-c1c2c(c4ccc(CC(C)(C)C#N)cc4cc2cc[n+]1C)O3. The lowest BCUT2D eigenvalue weighted by Crippen LogP contribution is -2.32. The van der Waals surface area contributed by atoms with Gasteiger partial charge in [0.2, 0.25) is 5.69 Å². The molecule has 39 heavy (non-hydrogen) atoms. The van der Waals surface area contributed by atoms with E-state index in [9.17, 15) is 5.26 Å². The smallest absolute Gasteiger partial charge is 0.228 e. The number of rotatable bonds is 3. The first-order chi connectivity index (χ1) is 18.4. The van der Waals surface area contributed by atoms with Gasteiger partial charge in [-0.3, -0.25) is 0 Å². The van der Waals surface area contributed by atoms with E-state index in [1.54, 1.807) is 0 Å². The zero-order valence-corrected chi connectivity index (χ0v) is 24.4. The van der Waals surface area contributed by atoms with Gasteiger partial charge in [-0.05, 0) is 84.7 Å². The molecule has 0 fully saturated rings. The number of pyridine rings is 1. The zero-order valence-electron chi connectivity index (χ0n) is 24.4. The molecule has 0 bridgehead atoms. The van der Waals surface area contributed by atoms with Crippen LogP contribution < -0.4 is 9.30 Å². The van der Waals surface area contributed by atoms with Crippen LogP contribution >= 0.6 is 0 Å². The highest BCUT2D eigenvalue weighted by Gasteiger charge is 2.34. The van der Waals surface area contributed by atoms with E-state index in [0.29, 0.717) is 6.42 Å².